The van der Waals surface area contributed by atoms with Crippen molar-refractivity contribution in [3.8, 4) is 0 Å². The van der Waals surface area contributed by atoms with E-state index < -0.39 is 0 Å². The highest BCUT2D eigenvalue weighted by Crippen LogP contribution is 2.02. The molecule has 1 atom stereocenters. The van der Waals surface area contributed by atoms with E-state index in [4.69, 9.17) is 5.73 Å². The van der Waals surface area contributed by atoms with E-state index in [0.717, 1.165) is 6.54 Å². The summed E-state index contributed by atoms with van der Waals surface area (Å²) in [6.45, 7) is 5.14. The fourth-order valence-electron chi connectivity index (χ4n) is 0.547. The first-order valence-corrected chi connectivity index (χ1v) is 3.33. The van der Waals surface area contributed by atoms with Gasteiger partial charge in [-0.15, -0.1) is 0 Å². The quantitative estimate of drug-likeness (QED) is 0.590. The van der Waals surface area contributed by atoms with Crippen LogP contribution in [0.4, 0.5) is 0 Å². The van der Waals surface area contributed by atoms with Crippen molar-refractivity contribution in [2.75, 3.05) is 6.54 Å². The second-order valence-electron chi connectivity index (χ2n) is 2.27. The molecule has 0 aliphatic rings. The molecule has 0 heterocycles. The third-order valence-corrected chi connectivity index (χ3v) is 1.26. The van der Waals surface area contributed by atoms with E-state index in [1.54, 1.807) is 0 Å². The molecule has 0 aromatic carbocycles. The maximum atomic E-state index is 5.39. The van der Waals surface area contributed by atoms with E-state index in [-0.39, 0.29) is 0 Å². The lowest BCUT2D eigenvalue weighted by Crippen LogP contribution is -2.10. The van der Waals surface area contributed by atoms with Gasteiger partial charge in [0.2, 0.25) is 0 Å². The number of hydrogen-bond acceptors (Lipinski definition) is 1. The highest BCUT2D eigenvalue weighted by Gasteiger charge is 1.95. The fraction of sp³-hybridized carbons (Fsp3) is 0.857. The SMILES string of the molecule is CC[CH]CC(C)CN. The summed E-state index contributed by atoms with van der Waals surface area (Å²) < 4.78 is 0. The molecule has 0 amide bonds. The van der Waals surface area contributed by atoms with Gasteiger partial charge in [-0.1, -0.05) is 20.3 Å². The molecule has 1 unspecified atom stereocenters. The van der Waals surface area contributed by atoms with Crippen LogP contribution in [0.3, 0.4) is 0 Å². The Morgan fingerprint density at radius 1 is 1.62 bits per heavy atom. The Kier molecular flexibility index (Phi) is 5.08. The van der Waals surface area contributed by atoms with Gasteiger partial charge in [0, 0.05) is 0 Å². The van der Waals surface area contributed by atoms with Gasteiger partial charge in [-0.25, -0.2) is 0 Å². The van der Waals surface area contributed by atoms with E-state index in [9.17, 15) is 0 Å². The molecular formula is C7H16N. The van der Waals surface area contributed by atoms with Crippen molar-refractivity contribution < 1.29 is 0 Å². The molecule has 0 fully saturated rings. The molecule has 0 bridgehead atoms. The van der Waals surface area contributed by atoms with Gasteiger partial charge in [0.1, 0.15) is 0 Å². The zero-order chi connectivity index (χ0) is 6.41. The molecule has 0 aliphatic carbocycles. The van der Waals surface area contributed by atoms with Crippen LogP contribution in [0.1, 0.15) is 26.7 Å². The predicted octanol–water partition coefficient (Wildman–Crippen LogP) is 1.59. The molecular weight excluding hydrogens is 98.1 g/mol. The second-order valence-corrected chi connectivity index (χ2v) is 2.27. The van der Waals surface area contributed by atoms with Crippen LogP contribution in [0.2, 0.25) is 0 Å². The summed E-state index contributed by atoms with van der Waals surface area (Å²) in [5.41, 5.74) is 5.39. The normalized spacial score (nSPS) is 13.9. The fourth-order valence-corrected chi connectivity index (χ4v) is 0.547. The van der Waals surface area contributed by atoms with Gasteiger partial charge >= 0.3 is 0 Å². The molecule has 2 N–H and O–H groups in total. The minimum absolute atomic E-state index is 0.676. The maximum absolute atomic E-state index is 5.39. The zero-order valence-corrected chi connectivity index (χ0v) is 5.85. The van der Waals surface area contributed by atoms with Crippen molar-refractivity contribution in [1.29, 1.82) is 0 Å². The molecule has 49 valence electrons. The highest BCUT2D eigenvalue weighted by molar-refractivity contribution is 4.66. The number of hydrogen-bond donors (Lipinski definition) is 1. The molecule has 1 radical (unpaired) electrons. The number of rotatable bonds is 4. The minimum Gasteiger partial charge on any atom is -0.330 e. The van der Waals surface area contributed by atoms with E-state index in [2.05, 4.69) is 20.3 Å². The average Bonchev–Trinajstić information content (AvgIpc) is 1.83. The topological polar surface area (TPSA) is 26.0 Å². The van der Waals surface area contributed by atoms with Gasteiger partial charge in [-0.3, -0.25) is 0 Å². The van der Waals surface area contributed by atoms with E-state index >= 15 is 0 Å². The molecule has 1 heteroatoms. The Morgan fingerprint density at radius 3 is 2.62 bits per heavy atom. The smallest absolute Gasteiger partial charge is 0.00514 e. The summed E-state index contributed by atoms with van der Waals surface area (Å²) in [5, 5.41) is 0. The van der Waals surface area contributed by atoms with Crippen LogP contribution < -0.4 is 5.73 Å². The lowest BCUT2D eigenvalue weighted by molar-refractivity contribution is 0.577. The van der Waals surface area contributed by atoms with Crippen molar-refractivity contribution in [1.82, 2.24) is 0 Å². The minimum atomic E-state index is 0.676. The highest BCUT2D eigenvalue weighted by atomic mass is 14.5. The van der Waals surface area contributed by atoms with Crippen LogP contribution in [0.5, 0.6) is 0 Å². The van der Waals surface area contributed by atoms with Gasteiger partial charge in [0.05, 0.1) is 0 Å². The third-order valence-electron chi connectivity index (χ3n) is 1.26. The Hall–Kier alpha value is -0.0400. The second kappa shape index (κ2) is 5.10. The lowest BCUT2D eigenvalue weighted by Gasteiger charge is -2.04. The predicted molar refractivity (Wildman–Crippen MR) is 37.4 cm³/mol. The first-order chi connectivity index (χ1) is 3.81. The van der Waals surface area contributed by atoms with Crippen molar-refractivity contribution in [3.63, 3.8) is 0 Å². The van der Waals surface area contributed by atoms with E-state index in [1.807, 2.05) is 0 Å². The van der Waals surface area contributed by atoms with Gasteiger partial charge < -0.3 is 5.73 Å². The summed E-state index contributed by atoms with van der Waals surface area (Å²) in [7, 11) is 0. The Balaban J connectivity index is 2.86. The average molecular weight is 114 g/mol. The lowest BCUT2D eigenvalue weighted by atomic mass is 10.1. The monoisotopic (exact) mass is 114 g/mol. The van der Waals surface area contributed by atoms with Crippen LogP contribution in [-0.4, -0.2) is 6.54 Å². The first kappa shape index (κ1) is 7.96. The third kappa shape index (κ3) is 4.13. The van der Waals surface area contributed by atoms with Crippen LogP contribution in [0.15, 0.2) is 0 Å². The molecule has 0 rings (SSSR count). The first-order valence-electron chi connectivity index (χ1n) is 3.33. The van der Waals surface area contributed by atoms with Crippen molar-refractivity contribution >= 4 is 0 Å². The molecule has 0 aromatic rings. The van der Waals surface area contributed by atoms with Crippen LogP contribution in [0.25, 0.3) is 0 Å². The molecule has 0 spiro atoms. The molecule has 0 aromatic heterocycles. The van der Waals surface area contributed by atoms with Gasteiger partial charge in [-0.05, 0) is 25.3 Å². The largest absolute Gasteiger partial charge is 0.330 e. The number of unbranched alkanes of at least 4 members (excludes halogenated alkanes) is 1. The summed E-state index contributed by atoms with van der Waals surface area (Å²) in [6, 6.07) is 0. The van der Waals surface area contributed by atoms with E-state index in [0.29, 0.717) is 5.92 Å². The molecule has 1 nitrogen and oxygen atoms in total. The summed E-state index contributed by atoms with van der Waals surface area (Å²) in [4.78, 5) is 0. The van der Waals surface area contributed by atoms with Gasteiger partial charge in [0.15, 0.2) is 0 Å². The van der Waals surface area contributed by atoms with Crippen LogP contribution in [-0.2, 0) is 0 Å². The van der Waals surface area contributed by atoms with E-state index in [1.165, 1.54) is 12.8 Å². The standard InChI is InChI=1S/C7H16N/c1-3-4-5-7(2)6-8/h4,7H,3,5-6,8H2,1-2H3. The Bertz CT molecular complexity index is 43.7. The van der Waals surface area contributed by atoms with Gasteiger partial charge in [0.25, 0.3) is 0 Å². The van der Waals surface area contributed by atoms with Gasteiger partial charge in [-0.2, -0.15) is 0 Å². The molecule has 0 saturated heterocycles. The van der Waals surface area contributed by atoms with Crippen molar-refractivity contribution in [3.05, 3.63) is 6.42 Å². The Morgan fingerprint density at radius 2 is 2.25 bits per heavy atom. The molecule has 0 saturated carbocycles. The molecule has 0 aliphatic heterocycles. The maximum Gasteiger partial charge on any atom is -0.00514 e. The van der Waals surface area contributed by atoms with Crippen LogP contribution in [0, 0.1) is 12.3 Å². The summed E-state index contributed by atoms with van der Waals surface area (Å²) in [5.74, 6) is 0.676. The van der Waals surface area contributed by atoms with Crippen LogP contribution >= 0.6 is 0 Å². The Labute approximate surface area is 52.3 Å². The number of nitrogens with two attached hydrogens (primary N) is 1. The van der Waals surface area contributed by atoms with Crippen molar-refractivity contribution in [2.45, 2.75) is 26.7 Å². The zero-order valence-electron chi connectivity index (χ0n) is 5.85. The molecule has 8 heavy (non-hydrogen) atoms. The summed E-state index contributed by atoms with van der Waals surface area (Å²) >= 11 is 0. The van der Waals surface area contributed by atoms with Crippen molar-refractivity contribution in [2.24, 2.45) is 11.7 Å². The summed E-state index contributed by atoms with van der Waals surface area (Å²) in [6.07, 6.45) is 4.62.